The van der Waals surface area contributed by atoms with E-state index >= 15 is 0 Å². The van der Waals surface area contributed by atoms with Crippen LogP contribution in [0, 0.1) is 0 Å². The van der Waals surface area contributed by atoms with Gasteiger partial charge in [-0.25, -0.2) is 9.67 Å². The van der Waals surface area contributed by atoms with Crippen molar-refractivity contribution in [2.45, 2.75) is 39.2 Å². The van der Waals surface area contributed by atoms with Crippen molar-refractivity contribution in [2.24, 2.45) is 0 Å². The van der Waals surface area contributed by atoms with Crippen LogP contribution in [0.4, 0.5) is 0 Å². The lowest BCUT2D eigenvalue weighted by molar-refractivity contribution is 0.0940. The second-order valence-corrected chi connectivity index (χ2v) is 8.35. The lowest BCUT2D eigenvalue weighted by Gasteiger charge is -2.16. The number of hydrogen-bond donors (Lipinski definition) is 1. The Hall–Kier alpha value is -3.81. The Kier molecular flexibility index (Phi) is 5.37. The standard InChI is InChI=1S/C23H24N6O2/c1-15(16-9-11-17(12-10-16)29-14-24-13-25-29)26-20(30)18-7-5-6-8-19(18)21-27-22(28-31-21)23(2,3)4/h5-15H,1-4H3,(H,26,30). The molecule has 2 aromatic heterocycles. The van der Waals surface area contributed by atoms with Crippen LogP contribution in [-0.4, -0.2) is 30.8 Å². The molecule has 0 saturated carbocycles. The van der Waals surface area contributed by atoms with Gasteiger partial charge in [0.1, 0.15) is 12.7 Å². The second-order valence-electron chi connectivity index (χ2n) is 8.35. The lowest BCUT2D eigenvalue weighted by atomic mass is 9.96. The normalized spacial score (nSPS) is 12.5. The van der Waals surface area contributed by atoms with Crippen molar-refractivity contribution >= 4 is 5.91 Å². The summed E-state index contributed by atoms with van der Waals surface area (Å²) in [6, 6.07) is 14.8. The van der Waals surface area contributed by atoms with Crippen LogP contribution in [0.1, 0.15) is 55.5 Å². The minimum Gasteiger partial charge on any atom is -0.345 e. The maximum absolute atomic E-state index is 13.1. The van der Waals surface area contributed by atoms with Crippen LogP contribution >= 0.6 is 0 Å². The number of benzene rings is 2. The largest absolute Gasteiger partial charge is 0.345 e. The Bertz CT molecular complexity index is 1170. The predicted molar refractivity (Wildman–Crippen MR) is 116 cm³/mol. The molecule has 158 valence electrons. The Labute approximate surface area is 180 Å². The van der Waals surface area contributed by atoms with E-state index in [1.54, 1.807) is 17.1 Å². The van der Waals surface area contributed by atoms with Crippen LogP contribution in [0.25, 0.3) is 17.1 Å². The molecular weight excluding hydrogens is 392 g/mol. The van der Waals surface area contributed by atoms with Crippen molar-refractivity contribution in [1.82, 2.24) is 30.2 Å². The number of amides is 1. The van der Waals surface area contributed by atoms with E-state index in [1.165, 1.54) is 6.33 Å². The first-order valence-corrected chi connectivity index (χ1v) is 10.0. The van der Waals surface area contributed by atoms with Gasteiger partial charge in [-0.1, -0.05) is 50.2 Å². The molecular formula is C23H24N6O2. The molecule has 0 radical (unpaired) electrons. The number of nitrogens with one attached hydrogen (secondary N) is 1. The molecule has 1 unspecified atom stereocenters. The maximum atomic E-state index is 13.1. The van der Waals surface area contributed by atoms with Crippen LogP contribution in [0.2, 0.25) is 0 Å². The zero-order valence-corrected chi connectivity index (χ0v) is 17.9. The quantitative estimate of drug-likeness (QED) is 0.526. The third-order valence-corrected chi connectivity index (χ3v) is 4.92. The molecule has 31 heavy (non-hydrogen) atoms. The highest BCUT2D eigenvalue weighted by atomic mass is 16.5. The molecule has 0 saturated heterocycles. The number of carbonyl (C=O) groups is 1. The van der Waals surface area contributed by atoms with E-state index in [2.05, 4.69) is 25.5 Å². The Morgan fingerprint density at radius 3 is 2.48 bits per heavy atom. The highest BCUT2D eigenvalue weighted by molar-refractivity contribution is 6.00. The summed E-state index contributed by atoms with van der Waals surface area (Å²) in [6.45, 7) is 7.97. The van der Waals surface area contributed by atoms with Gasteiger partial charge >= 0.3 is 0 Å². The van der Waals surface area contributed by atoms with Gasteiger partial charge in [0.25, 0.3) is 11.8 Å². The van der Waals surface area contributed by atoms with Gasteiger partial charge in [-0.15, -0.1) is 0 Å². The summed E-state index contributed by atoms with van der Waals surface area (Å²) < 4.78 is 7.13. The first kappa shape index (κ1) is 20.5. The third kappa shape index (κ3) is 4.37. The molecule has 2 aromatic carbocycles. The molecule has 0 spiro atoms. The maximum Gasteiger partial charge on any atom is 0.258 e. The molecule has 0 aliphatic carbocycles. The Morgan fingerprint density at radius 2 is 1.84 bits per heavy atom. The van der Waals surface area contributed by atoms with E-state index in [0.29, 0.717) is 22.8 Å². The summed E-state index contributed by atoms with van der Waals surface area (Å²) in [7, 11) is 0. The molecule has 1 N–H and O–H groups in total. The van der Waals surface area contributed by atoms with Gasteiger partial charge in [-0.05, 0) is 36.8 Å². The average Bonchev–Trinajstić information content (AvgIpc) is 3.46. The summed E-state index contributed by atoms with van der Waals surface area (Å²) in [5.41, 5.74) is 2.72. The first-order chi connectivity index (χ1) is 14.8. The van der Waals surface area contributed by atoms with E-state index in [0.717, 1.165) is 11.3 Å². The minimum atomic E-state index is -0.244. The average molecular weight is 416 g/mol. The molecule has 0 fully saturated rings. The van der Waals surface area contributed by atoms with Gasteiger partial charge in [0, 0.05) is 5.41 Å². The zero-order chi connectivity index (χ0) is 22.0. The van der Waals surface area contributed by atoms with Gasteiger partial charge in [0.15, 0.2) is 5.82 Å². The summed E-state index contributed by atoms with van der Waals surface area (Å²) >= 11 is 0. The third-order valence-electron chi connectivity index (χ3n) is 4.92. The topological polar surface area (TPSA) is 98.7 Å². The van der Waals surface area contributed by atoms with E-state index in [9.17, 15) is 4.79 Å². The Balaban J connectivity index is 1.53. The van der Waals surface area contributed by atoms with Crippen molar-refractivity contribution < 1.29 is 9.32 Å². The molecule has 1 amide bonds. The van der Waals surface area contributed by atoms with Crippen LogP contribution < -0.4 is 5.32 Å². The van der Waals surface area contributed by atoms with Crippen LogP contribution in [0.5, 0.6) is 0 Å². The van der Waals surface area contributed by atoms with Crippen LogP contribution in [0.3, 0.4) is 0 Å². The van der Waals surface area contributed by atoms with E-state index in [4.69, 9.17) is 4.52 Å². The van der Waals surface area contributed by atoms with E-state index < -0.39 is 0 Å². The van der Waals surface area contributed by atoms with Crippen molar-refractivity contribution in [3.8, 4) is 17.1 Å². The molecule has 2 heterocycles. The van der Waals surface area contributed by atoms with Gasteiger partial charge in [-0.2, -0.15) is 10.1 Å². The monoisotopic (exact) mass is 416 g/mol. The summed E-state index contributed by atoms with van der Waals surface area (Å²) in [5.74, 6) is 0.720. The molecule has 4 aromatic rings. The SMILES string of the molecule is CC(NC(=O)c1ccccc1-c1nc(C(C)(C)C)no1)c1ccc(-n2cncn2)cc1. The van der Waals surface area contributed by atoms with Crippen LogP contribution in [-0.2, 0) is 5.41 Å². The second kappa shape index (κ2) is 8.14. The zero-order valence-electron chi connectivity index (χ0n) is 17.9. The lowest BCUT2D eigenvalue weighted by Crippen LogP contribution is -2.27. The molecule has 8 heteroatoms. The molecule has 0 bridgehead atoms. The highest BCUT2D eigenvalue weighted by Gasteiger charge is 2.24. The van der Waals surface area contributed by atoms with Gasteiger partial charge in [0.05, 0.1) is 22.9 Å². The molecule has 4 rings (SSSR count). The van der Waals surface area contributed by atoms with Crippen molar-refractivity contribution in [2.75, 3.05) is 0 Å². The first-order valence-electron chi connectivity index (χ1n) is 10.0. The molecule has 0 aliphatic rings. The number of carbonyl (C=O) groups excluding carboxylic acids is 1. The minimum absolute atomic E-state index is 0.196. The fourth-order valence-corrected chi connectivity index (χ4v) is 3.12. The van der Waals surface area contributed by atoms with Gasteiger partial charge in [0.2, 0.25) is 0 Å². The number of hydrogen-bond acceptors (Lipinski definition) is 6. The van der Waals surface area contributed by atoms with Gasteiger partial charge < -0.3 is 9.84 Å². The Morgan fingerprint density at radius 1 is 1.10 bits per heavy atom. The summed E-state index contributed by atoms with van der Waals surface area (Å²) in [5, 5.41) is 11.2. The number of nitrogens with zero attached hydrogens (tertiary/aromatic N) is 5. The highest BCUT2D eigenvalue weighted by Crippen LogP contribution is 2.26. The summed E-state index contributed by atoms with van der Waals surface area (Å²) in [4.78, 5) is 21.5. The number of rotatable bonds is 5. The van der Waals surface area contributed by atoms with Crippen LogP contribution in [0.15, 0.2) is 65.7 Å². The molecule has 0 aliphatic heterocycles. The fourth-order valence-electron chi connectivity index (χ4n) is 3.12. The smallest absolute Gasteiger partial charge is 0.258 e. The van der Waals surface area contributed by atoms with Crippen molar-refractivity contribution in [1.29, 1.82) is 0 Å². The molecule has 8 nitrogen and oxygen atoms in total. The molecule has 1 atom stereocenters. The predicted octanol–water partition coefficient (Wildman–Crippen LogP) is 4.11. The van der Waals surface area contributed by atoms with Crippen molar-refractivity contribution in [3.63, 3.8) is 0 Å². The van der Waals surface area contributed by atoms with Gasteiger partial charge in [-0.3, -0.25) is 4.79 Å². The fraction of sp³-hybridized carbons (Fsp3) is 0.261. The number of aromatic nitrogens is 5. The van der Waals surface area contributed by atoms with E-state index in [-0.39, 0.29) is 17.4 Å². The van der Waals surface area contributed by atoms with Crippen molar-refractivity contribution in [3.05, 3.63) is 78.1 Å². The summed E-state index contributed by atoms with van der Waals surface area (Å²) in [6.07, 6.45) is 3.13. The van der Waals surface area contributed by atoms with E-state index in [1.807, 2.05) is 70.2 Å².